The lowest BCUT2D eigenvalue weighted by Crippen LogP contribution is -2.08. The summed E-state index contributed by atoms with van der Waals surface area (Å²) in [6.07, 6.45) is 1.49. The maximum absolute atomic E-state index is 2.43. The molecule has 0 unspecified atom stereocenters. The van der Waals surface area contributed by atoms with Gasteiger partial charge in [-0.15, -0.1) is 11.8 Å². The van der Waals surface area contributed by atoms with E-state index in [4.69, 9.17) is 0 Å². The predicted molar refractivity (Wildman–Crippen MR) is 95.7 cm³/mol. The van der Waals surface area contributed by atoms with Crippen LogP contribution in [0.1, 0.15) is 45.2 Å². The van der Waals surface area contributed by atoms with Crippen molar-refractivity contribution in [3.63, 3.8) is 0 Å². The van der Waals surface area contributed by atoms with Crippen molar-refractivity contribution >= 4 is 19.7 Å². The van der Waals surface area contributed by atoms with Gasteiger partial charge in [-0.05, 0) is 54.3 Å². The van der Waals surface area contributed by atoms with Gasteiger partial charge in [0.2, 0.25) is 0 Å². The Morgan fingerprint density at radius 3 is 2.15 bits per heavy atom. The van der Waals surface area contributed by atoms with Crippen LogP contribution < -0.4 is 0 Å². The lowest BCUT2D eigenvalue weighted by Gasteiger charge is -2.26. The fourth-order valence-electron chi connectivity index (χ4n) is 3.36. The van der Waals surface area contributed by atoms with Crippen molar-refractivity contribution in [1.29, 1.82) is 0 Å². The van der Waals surface area contributed by atoms with Crippen LogP contribution in [0.25, 0.3) is 0 Å². The highest BCUT2D eigenvalue weighted by atomic mass is 32.2. The highest BCUT2D eigenvalue weighted by Gasteiger charge is 2.44. The third kappa shape index (κ3) is 3.80. The van der Waals surface area contributed by atoms with E-state index in [2.05, 4.69) is 71.5 Å². The van der Waals surface area contributed by atoms with Crippen LogP contribution >= 0.6 is 19.7 Å². The Balaban J connectivity index is 1.91. The Labute approximate surface area is 130 Å². The molecule has 2 heteroatoms. The van der Waals surface area contributed by atoms with Crippen molar-refractivity contribution in [2.75, 3.05) is 5.75 Å². The van der Waals surface area contributed by atoms with Gasteiger partial charge in [0, 0.05) is 10.6 Å². The molecule has 1 aliphatic carbocycles. The highest BCUT2D eigenvalue weighted by Crippen LogP contribution is 2.63. The van der Waals surface area contributed by atoms with Crippen molar-refractivity contribution in [3.05, 3.63) is 29.3 Å². The fraction of sp³-hybridized carbons (Fsp3) is 0.667. The van der Waals surface area contributed by atoms with Gasteiger partial charge in [-0.1, -0.05) is 53.8 Å². The second-order valence-corrected chi connectivity index (χ2v) is 11.4. The molecule has 0 saturated heterocycles. The number of hydrogen-bond acceptors (Lipinski definition) is 1. The molecule has 2 rings (SSSR count). The van der Waals surface area contributed by atoms with Gasteiger partial charge < -0.3 is 0 Å². The van der Waals surface area contributed by atoms with E-state index in [0.717, 1.165) is 22.9 Å². The first-order valence-corrected chi connectivity index (χ1v) is 10.4. The summed E-state index contributed by atoms with van der Waals surface area (Å²) in [6.45, 7) is 14.2. The van der Waals surface area contributed by atoms with Gasteiger partial charge in [0.15, 0.2) is 0 Å². The monoisotopic (exact) mass is 308 g/mol. The molecular formula is C18H29PS. The summed E-state index contributed by atoms with van der Waals surface area (Å²) >= 11 is 2.10. The standard InChI is InChI=1S/C18H29PS/c1-12(2)19(13(3)4)17-10-16(17)11-20-18-14(5)8-7-9-15(18)6/h7-9,12-13,16-17H,10-11H2,1-6H3/t16-,17-/m1/s1. The predicted octanol–water partition coefficient (Wildman–Crippen LogP) is 6.08. The summed E-state index contributed by atoms with van der Waals surface area (Å²) in [7, 11) is 0.225. The Morgan fingerprint density at radius 1 is 1.10 bits per heavy atom. The molecule has 1 aliphatic rings. The van der Waals surface area contributed by atoms with Gasteiger partial charge in [0.1, 0.15) is 0 Å². The van der Waals surface area contributed by atoms with Gasteiger partial charge in [0.05, 0.1) is 0 Å². The Kier molecular flexibility index (Phi) is 5.60. The smallest absolute Gasteiger partial charge is 0.0130 e. The normalized spacial score (nSPS) is 22.1. The molecular weight excluding hydrogens is 279 g/mol. The maximum atomic E-state index is 2.43. The van der Waals surface area contributed by atoms with E-state index in [-0.39, 0.29) is 7.92 Å². The van der Waals surface area contributed by atoms with E-state index in [9.17, 15) is 0 Å². The summed E-state index contributed by atoms with van der Waals surface area (Å²) in [5.41, 5.74) is 5.72. The molecule has 0 amide bonds. The van der Waals surface area contributed by atoms with Crippen molar-refractivity contribution in [3.8, 4) is 0 Å². The van der Waals surface area contributed by atoms with E-state index in [1.165, 1.54) is 28.2 Å². The topological polar surface area (TPSA) is 0 Å². The van der Waals surface area contributed by atoms with Gasteiger partial charge in [-0.3, -0.25) is 0 Å². The first-order valence-electron chi connectivity index (χ1n) is 7.88. The third-order valence-corrected chi connectivity index (χ3v) is 9.62. The molecule has 0 N–H and O–H groups in total. The Bertz CT molecular complexity index is 424. The number of thioether (sulfide) groups is 1. The van der Waals surface area contributed by atoms with Crippen LogP contribution in [0.5, 0.6) is 0 Å². The first kappa shape index (κ1) is 16.4. The van der Waals surface area contributed by atoms with Gasteiger partial charge >= 0.3 is 0 Å². The lowest BCUT2D eigenvalue weighted by atomic mass is 10.2. The van der Waals surface area contributed by atoms with Crippen molar-refractivity contribution < 1.29 is 0 Å². The zero-order chi connectivity index (χ0) is 14.9. The molecule has 0 radical (unpaired) electrons. The minimum atomic E-state index is 0.225. The van der Waals surface area contributed by atoms with Crippen molar-refractivity contribution in [2.45, 2.75) is 69.8 Å². The Hall–Kier alpha value is -0.0000000000000000555. The van der Waals surface area contributed by atoms with E-state index >= 15 is 0 Å². The third-order valence-electron chi connectivity index (χ3n) is 4.31. The molecule has 1 aromatic carbocycles. The summed E-state index contributed by atoms with van der Waals surface area (Å²) in [4.78, 5) is 1.52. The molecule has 2 atom stereocenters. The molecule has 1 aromatic rings. The number of aryl methyl sites for hydroxylation is 2. The number of benzene rings is 1. The van der Waals surface area contributed by atoms with E-state index in [0.29, 0.717) is 0 Å². The molecule has 0 heterocycles. The lowest BCUT2D eigenvalue weighted by molar-refractivity contribution is 0.955. The van der Waals surface area contributed by atoms with Crippen LogP contribution in [0.4, 0.5) is 0 Å². The van der Waals surface area contributed by atoms with Crippen LogP contribution in [-0.2, 0) is 0 Å². The molecule has 0 spiro atoms. The quantitative estimate of drug-likeness (QED) is 0.453. The van der Waals surface area contributed by atoms with Crippen LogP contribution in [0.3, 0.4) is 0 Å². The number of rotatable bonds is 6. The molecule has 1 fully saturated rings. The minimum absolute atomic E-state index is 0.225. The molecule has 20 heavy (non-hydrogen) atoms. The summed E-state index contributed by atoms with van der Waals surface area (Å²) in [5, 5.41) is 0. The Morgan fingerprint density at radius 2 is 1.65 bits per heavy atom. The maximum Gasteiger partial charge on any atom is 0.0130 e. The number of hydrogen-bond donors (Lipinski definition) is 0. The summed E-state index contributed by atoms with van der Waals surface area (Å²) in [5.74, 6) is 2.31. The zero-order valence-electron chi connectivity index (χ0n) is 13.8. The average molecular weight is 308 g/mol. The highest BCUT2D eigenvalue weighted by molar-refractivity contribution is 7.99. The summed E-state index contributed by atoms with van der Waals surface area (Å²) in [6, 6.07) is 6.66. The van der Waals surface area contributed by atoms with Gasteiger partial charge in [-0.2, -0.15) is 0 Å². The van der Waals surface area contributed by atoms with Crippen molar-refractivity contribution in [1.82, 2.24) is 0 Å². The van der Waals surface area contributed by atoms with Crippen LogP contribution in [0, 0.1) is 19.8 Å². The van der Waals surface area contributed by atoms with Crippen LogP contribution in [0.2, 0.25) is 0 Å². The molecule has 112 valence electrons. The molecule has 0 aromatic heterocycles. The second kappa shape index (κ2) is 6.84. The largest absolute Gasteiger partial charge is 0.125 e. The van der Waals surface area contributed by atoms with Crippen LogP contribution in [0.15, 0.2) is 23.1 Å². The SMILES string of the molecule is Cc1cccc(C)c1SC[C@H]1C[C@H]1P(C(C)C)C(C)C. The average Bonchev–Trinajstić information content (AvgIpc) is 3.06. The minimum Gasteiger partial charge on any atom is -0.125 e. The molecule has 1 saturated carbocycles. The molecule has 0 nitrogen and oxygen atoms in total. The van der Waals surface area contributed by atoms with E-state index in [1.807, 2.05) is 0 Å². The van der Waals surface area contributed by atoms with E-state index in [1.54, 1.807) is 0 Å². The first-order chi connectivity index (χ1) is 9.41. The second-order valence-electron chi connectivity index (χ2n) is 6.73. The van der Waals surface area contributed by atoms with E-state index < -0.39 is 0 Å². The van der Waals surface area contributed by atoms with Crippen LogP contribution in [-0.4, -0.2) is 22.7 Å². The molecule has 0 bridgehead atoms. The zero-order valence-corrected chi connectivity index (χ0v) is 15.5. The molecule has 0 aliphatic heterocycles. The van der Waals surface area contributed by atoms with Gasteiger partial charge in [0.25, 0.3) is 0 Å². The van der Waals surface area contributed by atoms with Crippen molar-refractivity contribution in [2.24, 2.45) is 5.92 Å². The summed E-state index contributed by atoms with van der Waals surface area (Å²) < 4.78 is 0. The fourth-order valence-corrected chi connectivity index (χ4v) is 8.67. The van der Waals surface area contributed by atoms with Gasteiger partial charge in [-0.25, -0.2) is 0 Å².